The lowest BCUT2D eigenvalue weighted by atomic mass is 10.0. The predicted octanol–water partition coefficient (Wildman–Crippen LogP) is 5.44. The molecule has 0 spiro atoms. The van der Waals surface area contributed by atoms with E-state index in [4.69, 9.17) is 0 Å². The van der Waals surface area contributed by atoms with Gasteiger partial charge < -0.3 is 5.32 Å². The number of rotatable bonds is 5. The fourth-order valence-corrected chi connectivity index (χ4v) is 3.36. The molecule has 3 heteroatoms. The average molecular weight is 350 g/mol. The molecular weight excluding hydrogens is 330 g/mol. The van der Waals surface area contributed by atoms with Crippen LogP contribution >= 0.6 is 27.7 Å². The first-order chi connectivity index (χ1) is 9.60. The molecule has 0 atom stereocenters. The van der Waals surface area contributed by atoms with Crippen molar-refractivity contribution >= 4 is 27.7 Å². The summed E-state index contributed by atoms with van der Waals surface area (Å²) in [6.07, 6.45) is 0. The zero-order valence-electron chi connectivity index (χ0n) is 12.1. The Labute approximate surface area is 134 Å². The van der Waals surface area contributed by atoms with E-state index in [0.29, 0.717) is 5.92 Å². The summed E-state index contributed by atoms with van der Waals surface area (Å²) in [4.78, 5) is 2.59. The first-order valence-corrected chi connectivity index (χ1v) is 8.42. The minimum absolute atomic E-state index is 0.585. The highest BCUT2D eigenvalue weighted by Crippen LogP contribution is 2.32. The Morgan fingerprint density at radius 2 is 1.80 bits per heavy atom. The molecule has 0 amide bonds. The van der Waals surface area contributed by atoms with E-state index in [9.17, 15) is 0 Å². The number of nitrogens with one attached hydrogen (secondary N) is 1. The summed E-state index contributed by atoms with van der Waals surface area (Å²) in [6.45, 7) is 5.33. The first kappa shape index (κ1) is 15.6. The van der Waals surface area contributed by atoms with Gasteiger partial charge in [0.25, 0.3) is 0 Å². The maximum absolute atomic E-state index is 3.54. The lowest BCUT2D eigenvalue weighted by Gasteiger charge is -2.11. The third-order valence-corrected chi connectivity index (χ3v) is 4.78. The normalized spacial score (nSPS) is 11.1. The van der Waals surface area contributed by atoms with Gasteiger partial charge in [-0.05, 0) is 54.4 Å². The van der Waals surface area contributed by atoms with E-state index in [1.807, 2.05) is 18.8 Å². The molecule has 20 heavy (non-hydrogen) atoms. The van der Waals surface area contributed by atoms with Crippen LogP contribution in [0.3, 0.4) is 0 Å². The van der Waals surface area contributed by atoms with Gasteiger partial charge in [-0.2, -0.15) is 0 Å². The van der Waals surface area contributed by atoms with Crippen LogP contribution in [-0.2, 0) is 6.54 Å². The molecule has 106 valence electrons. The van der Waals surface area contributed by atoms with Gasteiger partial charge in [0.1, 0.15) is 0 Å². The summed E-state index contributed by atoms with van der Waals surface area (Å²) in [5.41, 5.74) is 2.71. The minimum atomic E-state index is 0.585. The molecule has 0 aliphatic rings. The van der Waals surface area contributed by atoms with Crippen LogP contribution < -0.4 is 5.32 Å². The molecule has 0 aliphatic heterocycles. The Bertz CT molecular complexity index is 564. The van der Waals surface area contributed by atoms with Gasteiger partial charge in [-0.3, -0.25) is 0 Å². The van der Waals surface area contributed by atoms with Gasteiger partial charge in [-0.1, -0.05) is 53.7 Å². The molecule has 2 aromatic carbocycles. The zero-order chi connectivity index (χ0) is 14.5. The molecule has 2 rings (SSSR count). The van der Waals surface area contributed by atoms with Gasteiger partial charge in [0.2, 0.25) is 0 Å². The molecule has 0 saturated heterocycles. The first-order valence-electron chi connectivity index (χ1n) is 6.81. The molecule has 0 aromatic heterocycles. The smallest absolute Gasteiger partial charge is 0.0214 e. The lowest BCUT2D eigenvalue weighted by molar-refractivity contribution is 0.802. The van der Waals surface area contributed by atoms with E-state index in [1.165, 1.54) is 20.9 Å². The Hall–Kier alpha value is -0.770. The van der Waals surface area contributed by atoms with Gasteiger partial charge in [0.05, 0.1) is 0 Å². The summed E-state index contributed by atoms with van der Waals surface area (Å²) in [7, 11) is 1.98. The highest BCUT2D eigenvalue weighted by Gasteiger charge is 2.06. The predicted molar refractivity (Wildman–Crippen MR) is 91.6 cm³/mol. The zero-order valence-corrected chi connectivity index (χ0v) is 14.5. The van der Waals surface area contributed by atoms with Crippen LogP contribution in [0.2, 0.25) is 0 Å². The summed E-state index contributed by atoms with van der Waals surface area (Å²) in [5, 5.41) is 3.23. The van der Waals surface area contributed by atoms with Crippen molar-refractivity contribution in [3.63, 3.8) is 0 Å². The Morgan fingerprint density at radius 3 is 2.40 bits per heavy atom. The molecule has 0 heterocycles. The molecule has 2 aromatic rings. The second-order valence-electron chi connectivity index (χ2n) is 5.11. The van der Waals surface area contributed by atoms with E-state index in [1.54, 1.807) is 0 Å². The number of halogens is 1. The van der Waals surface area contributed by atoms with Crippen molar-refractivity contribution in [1.82, 2.24) is 5.32 Å². The van der Waals surface area contributed by atoms with Crippen LogP contribution in [0.1, 0.15) is 30.9 Å². The molecule has 1 nitrogen and oxygen atoms in total. The third kappa shape index (κ3) is 4.11. The van der Waals surface area contributed by atoms with Crippen molar-refractivity contribution < 1.29 is 0 Å². The van der Waals surface area contributed by atoms with Crippen molar-refractivity contribution in [2.75, 3.05) is 7.05 Å². The Morgan fingerprint density at radius 1 is 1.10 bits per heavy atom. The lowest BCUT2D eigenvalue weighted by Crippen LogP contribution is -2.06. The van der Waals surface area contributed by atoms with E-state index < -0.39 is 0 Å². The largest absolute Gasteiger partial charge is 0.316 e. The number of benzene rings is 2. The molecule has 0 bridgehead atoms. The summed E-state index contributed by atoms with van der Waals surface area (Å²) >= 11 is 5.36. The molecule has 0 radical (unpaired) electrons. The standard InChI is InChI=1S/C17H20BrNS/c1-12(2)13-4-7-16(8-5-13)20-17-9-6-15(18)10-14(17)11-19-3/h4-10,12,19H,11H2,1-3H3. The van der Waals surface area contributed by atoms with Crippen LogP contribution in [0.15, 0.2) is 56.7 Å². The quantitative estimate of drug-likeness (QED) is 0.770. The second kappa shape index (κ2) is 7.30. The summed E-state index contributed by atoms with van der Waals surface area (Å²) < 4.78 is 1.13. The molecular formula is C17H20BrNS. The fraction of sp³-hybridized carbons (Fsp3) is 0.294. The van der Waals surface area contributed by atoms with Crippen LogP contribution in [0.4, 0.5) is 0 Å². The van der Waals surface area contributed by atoms with Crippen molar-refractivity contribution in [3.8, 4) is 0 Å². The Balaban J connectivity index is 2.20. The SMILES string of the molecule is CNCc1cc(Br)ccc1Sc1ccc(C(C)C)cc1. The van der Waals surface area contributed by atoms with Crippen LogP contribution in [0, 0.1) is 0 Å². The number of hydrogen-bond acceptors (Lipinski definition) is 2. The second-order valence-corrected chi connectivity index (χ2v) is 7.14. The van der Waals surface area contributed by atoms with Gasteiger partial charge >= 0.3 is 0 Å². The summed E-state index contributed by atoms with van der Waals surface area (Å²) in [6, 6.07) is 15.3. The van der Waals surface area contributed by atoms with Gasteiger partial charge in [0, 0.05) is 20.8 Å². The van der Waals surface area contributed by atoms with Gasteiger partial charge in [-0.25, -0.2) is 0 Å². The van der Waals surface area contributed by atoms with E-state index in [-0.39, 0.29) is 0 Å². The summed E-state index contributed by atoms with van der Waals surface area (Å²) in [5.74, 6) is 0.585. The van der Waals surface area contributed by atoms with Crippen LogP contribution in [0.25, 0.3) is 0 Å². The molecule has 0 saturated carbocycles. The fourth-order valence-electron chi connectivity index (χ4n) is 2.02. The third-order valence-electron chi connectivity index (χ3n) is 3.16. The molecule has 0 unspecified atom stereocenters. The molecule has 1 N–H and O–H groups in total. The van der Waals surface area contributed by atoms with Crippen molar-refractivity contribution in [3.05, 3.63) is 58.1 Å². The number of hydrogen-bond donors (Lipinski definition) is 1. The van der Waals surface area contributed by atoms with Crippen LogP contribution in [-0.4, -0.2) is 7.05 Å². The van der Waals surface area contributed by atoms with Crippen LogP contribution in [0.5, 0.6) is 0 Å². The van der Waals surface area contributed by atoms with E-state index >= 15 is 0 Å². The van der Waals surface area contributed by atoms with Crippen molar-refractivity contribution in [1.29, 1.82) is 0 Å². The monoisotopic (exact) mass is 349 g/mol. The van der Waals surface area contributed by atoms with Crippen molar-refractivity contribution in [2.45, 2.75) is 36.1 Å². The molecule has 0 aliphatic carbocycles. The highest BCUT2D eigenvalue weighted by atomic mass is 79.9. The maximum Gasteiger partial charge on any atom is 0.0214 e. The highest BCUT2D eigenvalue weighted by molar-refractivity contribution is 9.10. The van der Waals surface area contributed by atoms with E-state index in [2.05, 4.69) is 77.6 Å². The topological polar surface area (TPSA) is 12.0 Å². The Kier molecular flexibility index (Phi) is 5.70. The van der Waals surface area contributed by atoms with E-state index in [0.717, 1.165) is 11.0 Å². The van der Waals surface area contributed by atoms with Gasteiger partial charge in [-0.15, -0.1) is 0 Å². The average Bonchev–Trinajstić information content (AvgIpc) is 2.43. The maximum atomic E-state index is 3.54. The minimum Gasteiger partial charge on any atom is -0.316 e. The van der Waals surface area contributed by atoms with Crippen molar-refractivity contribution in [2.24, 2.45) is 0 Å². The van der Waals surface area contributed by atoms with Gasteiger partial charge in [0.15, 0.2) is 0 Å². The molecule has 0 fully saturated rings.